The molecular formula is C120H97BN4OS. The summed E-state index contributed by atoms with van der Waals surface area (Å²) < 4.78 is 41.4. The molecule has 0 saturated heterocycles. The van der Waals surface area contributed by atoms with Gasteiger partial charge in [-0.15, -0.1) is 11.3 Å². The van der Waals surface area contributed by atoms with Crippen molar-refractivity contribution in [1.82, 2.24) is 4.57 Å². The van der Waals surface area contributed by atoms with Gasteiger partial charge in [-0.2, -0.15) is 5.26 Å². The van der Waals surface area contributed by atoms with E-state index in [-0.39, 0.29) is 27.2 Å². The molecule has 17 aromatic carbocycles. The highest BCUT2D eigenvalue weighted by Crippen LogP contribution is 2.58. The van der Waals surface area contributed by atoms with Crippen molar-refractivity contribution in [3.05, 3.63) is 385 Å². The molecule has 0 radical (unpaired) electrons. The smallest absolute Gasteiger partial charge is 0.252 e. The summed E-state index contributed by atoms with van der Waals surface area (Å²) in [6.45, 7) is 24.7. The van der Waals surface area contributed by atoms with Gasteiger partial charge in [0.2, 0.25) is 0 Å². The second kappa shape index (κ2) is 29.7. The minimum Gasteiger partial charge on any atom is -0.456 e. The normalized spacial score (nSPS) is 13.3. The van der Waals surface area contributed by atoms with E-state index in [0.717, 1.165) is 198 Å². The largest absolute Gasteiger partial charge is 0.456 e. The van der Waals surface area contributed by atoms with Gasteiger partial charge in [-0.3, -0.25) is 0 Å². The molecule has 0 spiro atoms. The quantitative estimate of drug-likeness (QED) is 0.121. The molecule has 3 aromatic heterocycles. The predicted octanol–water partition coefficient (Wildman–Crippen LogP) is 31.8. The van der Waals surface area contributed by atoms with Crippen LogP contribution in [0.4, 0.5) is 34.1 Å². The van der Waals surface area contributed by atoms with Crippen LogP contribution in [-0.4, -0.2) is 11.3 Å². The van der Waals surface area contributed by atoms with Crippen molar-refractivity contribution in [1.29, 1.82) is 5.26 Å². The maximum absolute atomic E-state index is 11.1. The summed E-state index contributed by atoms with van der Waals surface area (Å²) in [6.07, 6.45) is 0. The molecule has 0 aliphatic carbocycles. The Morgan fingerprint density at radius 2 is 0.795 bits per heavy atom. The van der Waals surface area contributed by atoms with Crippen LogP contribution in [0.3, 0.4) is 0 Å². The molecule has 2 aliphatic rings. The minimum absolute atomic E-state index is 0.198. The number of hydrogen-bond donors (Lipinski definition) is 0. The molecule has 612 valence electrons. The molecule has 0 amide bonds. The van der Waals surface area contributed by atoms with Crippen molar-refractivity contribution in [2.45, 2.75) is 112 Å². The Kier molecular flexibility index (Phi) is 17.6. The number of aromatic nitrogens is 1. The Balaban J connectivity index is 0.978. The van der Waals surface area contributed by atoms with Crippen LogP contribution in [-0.2, 0) is 21.7 Å². The molecule has 0 fully saturated rings. The summed E-state index contributed by atoms with van der Waals surface area (Å²) in [5.74, 6) is 0. The summed E-state index contributed by atoms with van der Waals surface area (Å²) >= 11 is 1.75. The molecule has 0 saturated carbocycles. The van der Waals surface area contributed by atoms with Crippen molar-refractivity contribution in [2.24, 2.45) is 0 Å². The number of nitrogens with zero attached hydrogens (tertiary/aromatic N) is 4. The monoisotopic (exact) mass is 1660 g/mol. The van der Waals surface area contributed by atoms with E-state index in [9.17, 15) is 9.37 Å². The summed E-state index contributed by atoms with van der Waals surface area (Å²) in [7, 11) is 0. The fourth-order valence-electron chi connectivity index (χ4n) is 20.1. The number of thiophene rings is 1. The van der Waals surface area contributed by atoms with E-state index < -0.39 is 13.6 Å². The number of benzene rings is 17. The van der Waals surface area contributed by atoms with Crippen LogP contribution < -0.4 is 26.2 Å². The molecule has 7 heteroatoms. The van der Waals surface area contributed by atoms with E-state index in [1.54, 1.807) is 11.3 Å². The number of nitriles is 1. The molecular weight excluding hydrogens is 1560 g/mol. The van der Waals surface area contributed by atoms with Crippen LogP contribution in [0.1, 0.15) is 121 Å². The maximum Gasteiger partial charge on any atom is 0.252 e. The van der Waals surface area contributed by atoms with Gasteiger partial charge < -0.3 is 18.8 Å². The van der Waals surface area contributed by atoms with Crippen LogP contribution in [0.15, 0.2) is 356 Å². The zero-order chi connectivity index (χ0) is 89.3. The fraction of sp³-hybridized carbons (Fsp3) is 0.142. The molecule has 5 heterocycles. The van der Waals surface area contributed by atoms with Crippen LogP contribution in [0.2, 0.25) is 0 Å². The second-order valence-corrected chi connectivity index (χ2v) is 40.0. The van der Waals surface area contributed by atoms with Crippen LogP contribution in [0.25, 0.3) is 159 Å². The fourth-order valence-corrected chi connectivity index (χ4v) is 21.2. The van der Waals surface area contributed by atoms with Gasteiger partial charge in [0.15, 0.2) is 0 Å². The molecule has 22 rings (SSSR count). The van der Waals surface area contributed by atoms with E-state index in [1.165, 1.54) is 22.3 Å². The van der Waals surface area contributed by atoms with Gasteiger partial charge in [0, 0.05) is 90.8 Å². The number of rotatable bonds is 11. The molecule has 2 aliphatic heterocycles. The van der Waals surface area contributed by atoms with E-state index in [2.05, 4.69) is 419 Å². The Labute approximate surface area is 753 Å². The van der Waals surface area contributed by atoms with Gasteiger partial charge >= 0.3 is 0 Å². The Bertz CT molecular complexity index is 7800. The molecule has 0 unspecified atom stereocenters. The first-order valence-electron chi connectivity index (χ1n) is 45.8. The predicted molar refractivity (Wildman–Crippen MR) is 543 cm³/mol. The van der Waals surface area contributed by atoms with E-state index in [4.69, 9.17) is 4.42 Å². The van der Waals surface area contributed by atoms with E-state index >= 15 is 0 Å². The molecule has 0 bridgehead atoms. The molecule has 0 atom stereocenters. The first kappa shape index (κ1) is 75.3. The van der Waals surface area contributed by atoms with Crippen LogP contribution in [0, 0.1) is 18.2 Å². The minimum atomic E-state index is -2.61. The highest BCUT2D eigenvalue weighted by Gasteiger charge is 2.47. The first-order valence-corrected chi connectivity index (χ1v) is 45.2. The number of aryl methyl sites for hydroxylation is 1. The third-order valence-corrected chi connectivity index (χ3v) is 27.8. The lowest BCUT2D eigenvalue weighted by Crippen LogP contribution is -2.61. The topological polar surface area (TPSA) is 48.3 Å². The molecule has 127 heavy (non-hydrogen) atoms. The average molecular weight is 1660 g/mol. The number of para-hydroxylation sites is 1. The van der Waals surface area contributed by atoms with Crippen LogP contribution >= 0.6 is 11.3 Å². The van der Waals surface area contributed by atoms with E-state index in [1.807, 2.05) is 36.4 Å². The molecule has 5 nitrogen and oxygen atoms in total. The number of hydrogen-bond acceptors (Lipinski definition) is 5. The van der Waals surface area contributed by atoms with Crippen molar-refractivity contribution in [3.8, 4) is 101 Å². The molecule has 20 aromatic rings. The third-order valence-electron chi connectivity index (χ3n) is 26.6. The highest BCUT2D eigenvalue weighted by molar-refractivity contribution is 7.26. The summed E-state index contributed by atoms with van der Waals surface area (Å²) in [5.41, 5.74) is 33.8. The van der Waals surface area contributed by atoms with Crippen molar-refractivity contribution >= 4 is 132 Å². The Morgan fingerprint density at radius 3 is 1.39 bits per heavy atom. The van der Waals surface area contributed by atoms with Gasteiger partial charge in [0.05, 0.1) is 39.7 Å². The van der Waals surface area contributed by atoms with Gasteiger partial charge in [-0.05, 0) is 261 Å². The maximum atomic E-state index is 11.1. The van der Waals surface area contributed by atoms with Crippen LogP contribution in [0.5, 0.6) is 0 Å². The zero-order valence-corrected chi connectivity index (χ0v) is 74.5. The number of fused-ring (bicyclic) bond motifs is 13. The standard InChI is InChI=1S/C120H97BN4OS/c1-73-56-98(90-42-30-45-109-112(90)92-40-26-28-44-108(92)126-109)116(99(57-73)91-43-31-47-111-113(91)93-41-27-29-46-110(93)127-111)124-104-54-50-79(83-60-81(75-32-18-14-19-33-75)59-82(61-83)76-34-20-15-21-35-76)64-101(104)121-100-52-49-80(84-62-86(118(5,6)7)66-87(63-84)119(8,9)10)65-105(100)125(115-94(77-36-22-16-23-37-77)68-88(120(11,12)13)69-95(115)78-38-24-17-25-39-78)107-71-89(70-106(124)114(107)121)123-102-53-48-74(72-122)58-96(102)97-67-85(117(2,3)4)51-55-103(97)123/h14-71H,1-13H3/i1D3. The van der Waals surface area contributed by atoms with Gasteiger partial charge in [0.25, 0.3) is 6.71 Å². The lowest BCUT2D eigenvalue weighted by molar-refractivity contribution is 0.569. The summed E-state index contributed by atoms with van der Waals surface area (Å²) in [6, 6.07) is 132. The van der Waals surface area contributed by atoms with Crippen molar-refractivity contribution in [2.75, 3.05) is 9.80 Å². The molecule has 0 N–H and O–H groups in total. The highest BCUT2D eigenvalue weighted by atomic mass is 32.1. The van der Waals surface area contributed by atoms with Gasteiger partial charge in [0.1, 0.15) is 11.2 Å². The first-order chi connectivity index (χ1) is 62.6. The second-order valence-electron chi connectivity index (χ2n) is 38.9. The lowest BCUT2D eigenvalue weighted by atomic mass is 9.33. The number of furan rings is 1. The Hall–Kier alpha value is -14.3. The van der Waals surface area contributed by atoms with Crippen molar-refractivity contribution < 1.29 is 8.53 Å². The lowest BCUT2D eigenvalue weighted by Gasteiger charge is -2.46. The zero-order valence-electron chi connectivity index (χ0n) is 76.7. The summed E-state index contributed by atoms with van der Waals surface area (Å²) in [5, 5.41) is 17.0. The Morgan fingerprint density at radius 1 is 0.315 bits per heavy atom. The SMILES string of the molecule is [2H]C([2H])([2H])c1cc(-c2cccc3oc4ccccc4c23)c(N2c3ccc(-c4cc(-c5ccccc5)cc(-c5ccccc5)c4)cc3B3c4ccc(-c5cc(C(C)(C)C)cc(C(C)(C)C)c5)cc4N(c4c(-c5ccccc5)cc(C(C)(C)C)cc4-c4ccccc4)c4cc(-n5c6ccc(C#N)cc6c6cc(C(C)(C)C)ccc65)cc2c43)c(-c2cccc3sc4ccccc4c23)c1. The van der Waals surface area contributed by atoms with E-state index in [0.29, 0.717) is 16.7 Å². The van der Waals surface area contributed by atoms with Gasteiger partial charge in [-0.25, -0.2) is 0 Å². The number of anilines is 6. The third kappa shape index (κ3) is 13.3. The van der Waals surface area contributed by atoms with Crippen molar-refractivity contribution in [3.63, 3.8) is 0 Å². The van der Waals surface area contributed by atoms with Gasteiger partial charge in [-0.1, -0.05) is 314 Å². The summed E-state index contributed by atoms with van der Waals surface area (Å²) in [4.78, 5) is 5.24. The average Bonchev–Trinajstić information content (AvgIpc) is 1.36.